The van der Waals surface area contributed by atoms with Crippen LogP contribution in [0.2, 0.25) is 0 Å². The Balaban J connectivity index is 1.41. The molecule has 4 aromatic rings. The average molecular weight is 549 g/mol. The highest BCUT2D eigenvalue weighted by Crippen LogP contribution is 2.45. The van der Waals surface area contributed by atoms with E-state index in [0.29, 0.717) is 46.0 Å². The fourth-order valence-electron chi connectivity index (χ4n) is 4.73. The Kier molecular flexibility index (Phi) is 6.25. The molecular weight excluding hydrogens is 520 g/mol. The monoisotopic (exact) mass is 548 g/mol. The summed E-state index contributed by atoms with van der Waals surface area (Å²) in [4.78, 5) is 40.9. The number of rotatable bonds is 9. The van der Waals surface area contributed by atoms with Gasteiger partial charge in [-0.05, 0) is 50.7 Å². The second-order valence-electron chi connectivity index (χ2n) is 10.1. The summed E-state index contributed by atoms with van der Waals surface area (Å²) in [6.07, 6.45) is 9.69. The molecule has 6 rings (SSSR count). The fourth-order valence-corrected chi connectivity index (χ4v) is 5.29. The summed E-state index contributed by atoms with van der Waals surface area (Å²) in [7, 11) is -1.79. The van der Waals surface area contributed by atoms with Crippen LogP contribution in [0, 0.1) is 5.92 Å². The number of hydrogen-bond donors (Lipinski definition) is 1. The molecule has 202 valence electrons. The first kappa shape index (κ1) is 25.3. The zero-order valence-corrected chi connectivity index (χ0v) is 22.6. The van der Waals surface area contributed by atoms with Crippen LogP contribution in [0.15, 0.2) is 40.5 Å². The molecule has 4 heterocycles. The van der Waals surface area contributed by atoms with Gasteiger partial charge in [0.2, 0.25) is 5.88 Å². The van der Waals surface area contributed by atoms with Crippen molar-refractivity contribution in [2.75, 3.05) is 18.7 Å². The van der Waals surface area contributed by atoms with Gasteiger partial charge in [0.15, 0.2) is 27.1 Å². The molecule has 0 aliphatic heterocycles. The number of anilines is 1. The average Bonchev–Trinajstić information content (AvgIpc) is 3.84. The third-order valence-electron chi connectivity index (χ3n) is 7.23. The maximum absolute atomic E-state index is 13.7. The van der Waals surface area contributed by atoms with Gasteiger partial charge >= 0.3 is 0 Å². The first-order valence-electron chi connectivity index (χ1n) is 12.8. The highest BCUT2D eigenvalue weighted by Gasteiger charge is 2.34. The molecule has 13 heteroatoms. The van der Waals surface area contributed by atoms with Gasteiger partial charge in [-0.1, -0.05) is 0 Å². The molecule has 0 radical (unpaired) electrons. The summed E-state index contributed by atoms with van der Waals surface area (Å²) in [5.41, 5.74) is 2.69. The van der Waals surface area contributed by atoms with Gasteiger partial charge in [-0.25, -0.2) is 33.3 Å². The number of fused-ring (bicyclic) bond motifs is 1. The van der Waals surface area contributed by atoms with Crippen molar-refractivity contribution in [1.29, 1.82) is 0 Å². The van der Waals surface area contributed by atoms with E-state index in [1.54, 1.807) is 23.9 Å². The number of nitrogens with one attached hydrogen (secondary N) is 1. The van der Waals surface area contributed by atoms with Crippen LogP contribution in [0.4, 0.5) is 5.82 Å². The van der Waals surface area contributed by atoms with E-state index < -0.39 is 9.84 Å². The first-order chi connectivity index (χ1) is 18.7. The van der Waals surface area contributed by atoms with E-state index >= 15 is 0 Å². The summed E-state index contributed by atoms with van der Waals surface area (Å²) >= 11 is 0. The molecule has 2 aliphatic rings. The molecule has 39 heavy (non-hydrogen) atoms. The number of aromatic nitrogens is 7. The zero-order chi connectivity index (χ0) is 27.3. The lowest BCUT2D eigenvalue weighted by Gasteiger charge is -2.19. The zero-order valence-electron chi connectivity index (χ0n) is 21.8. The quantitative estimate of drug-likeness (QED) is 0.328. The molecule has 0 saturated heterocycles. The minimum atomic E-state index is -3.35. The second-order valence-corrected chi connectivity index (χ2v) is 12.2. The lowest BCUT2D eigenvalue weighted by Crippen LogP contribution is -2.29. The summed E-state index contributed by atoms with van der Waals surface area (Å²) < 4.78 is 30.7. The predicted molar refractivity (Wildman–Crippen MR) is 143 cm³/mol. The molecule has 1 atom stereocenters. The highest BCUT2D eigenvalue weighted by molar-refractivity contribution is 7.90. The number of methoxy groups -OCH3 is 1. The SMILES string of the molecule is COc1ncnc(C2CC2)c1-c1ncc2nc(NCc3ccc(S(C)(=O)=O)cn3)c(=O)n(C(C)C3CC3)c2n1. The topological polar surface area (TPSA) is 155 Å². The minimum Gasteiger partial charge on any atom is -0.480 e. The smallest absolute Gasteiger partial charge is 0.295 e. The van der Waals surface area contributed by atoms with Gasteiger partial charge < -0.3 is 10.1 Å². The van der Waals surface area contributed by atoms with Crippen molar-refractivity contribution in [3.05, 3.63) is 52.6 Å². The van der Waals surface area contributed by atoms with Gasteiger partial charge in [0.1, 0.15) is 17.4 Å². The van der Waals surface area contributed by atoms with Crippen LogP contribution in [0.5, 0.6) is 5.88 Å². The van der Waals surface area contributed by atoms with Crippen molar-refractivity contribution in [3.8, 4) is 17.3 Å². The molecule has 0 bridgehead atoms. The fraction of sp³-hybridized carbons (Fsp3) is 0.423. The number of ether oxygens (including phenoxy) is 1. The van der Waals surface area contributed by atoms with Crippen LogP contribution in [-0.4, -0.2) is 56.3 Å². The predicted octanol–water partition coefficient (Wildman–Crippen LogP) is 2.91. The van der Waals surface area contributed by atoms with Crippen molar-refractivity contribution in [2.45, 2.75) is 56.0 Å². The summed E-state index contributed by atoms with van der Waals surface area (Å²) in [6, 6.07) is 3.01. The maximum atomic E-state index is 13.7. The molecule has 2 aliphatic carbocycles. The van der Waals surface area contributed by atoms with Crippen LogP contribution in [0.25, 0.3) is 22.6 Å². The highest BCUT2D eigenvalue weighted by atomic mass is 32.2. The molecule has 12 nitrogen and oxygen atoms in total. The van der Waals surface area contributed by atoms with Crippen molar-refractivity contribution < 1.29 is 13.2 Å². The molecule has 2 fully saturated rings. The molecule has 1 N–H and O–H groups in total. The van der Waals surface area contributed by atoms with Gasteiger partial charge in [-0.15, -0.1) is 0 Å². The van der Waals surface area contributed by atoms with Gasteiger partial charge in [0.25, 0.3) is 5.56 Å². The summed E-state index contributed by atoms with van der Waals surface area (Å²) in [6.45, 7) is 2.22. The van der Waals surface area contributed by atoms with Crippen LogP contribution < -0.4 is 15.6 Å². The third kappa shape index (κ3) is 4.93. The van der Waals surface area contributed by atoms with Crippen LogP contribution in [0.1, 0.15) is 56.0 Å². The minimum absolute atomic E-state index is 0.0877. The third-order valence-corrected chi connectivity index (χ3v) is 8.33. The molecule has 0 spiro atoms. The van der Waals surface area contributed by atoms with Crippen LogP contribution >= 0.6 is 0 Å². The molecule has 4 aromatic heterocycles. The van der Waals surface area contributed by atoms with E-state index in [2.05, 4.69) is 30.2 Å². The van der Waals surface area contributed by atoms with E-state index in [1.165, 1.54) is 18.6 Å². The van der Waals surface area contributed by atoms with Crippen molar-refractivity contribution in [3.63, 3.8) is 0 Å². The standard InChI is InChI=1S/C26H28N8O4S/c1-14(15-4-5-15)34-24-19(12-29-22(33-24)20-21(16-6-7-16)30-13-31-25(20)38-2)32-23(26(34)35)28-10-17-8-9-18(11-27-17)39(3,36)37/h8-9,11-16H,4-7,10H2,1-3H3,(H,28,32). The Morgan fingerprint density at radius 1 is 1.08 bits per heavy atom. The molecule has 2 saturated carbocycles. The van der Waals surface area contributed by atoms with Crippen LogP contribution in [0.3, 0.4) is 0 Å². The van der Waals surface area contributed by atoms with Crippen molar-refractivity contribution >= 4 is 26.8 Å². The molecule has 1 unspecified atom stereocenters. The van der Waals surface area contributed by atoms with E-state index in [0.717, 1.165) is 37.6 Å². The number of pyridine rings is 1. The maximum Gasteiger partial charge on any atom is 0.295 e. The Labute approximate surface area is 224 Å². The first-order valence-corrected chi connectivity index (χ1v) is 14.7. The second kappa shape index (κ2) is 9.63. The largest absolute Gasteiger partial charge is 0.480 e. The Hall–Kier alpha value is -4.00. The van der Waals surface area contributed by atoms with E-state index in [4.69, 9.17) is 9.72 Å². The van der Waals surface area contributed by atoms with Gasteiger partial charge in [-0.2, -0.15) is 0 Å². The Bertz CT molecular complexity index is 1730. The van der Waals surface area contributed by atoms with Crippen LogP contribution in [-0.2, 0) is 16.4 Å². The lowest BCUT2D eigenvalue weighted by molar-refractivity contribution is 0.397. The molecular formula is C26H28N8O4S. The van der Waals surface area contributed by atoms with Gasteiger partial charge in [0, 0.05) is 24.4 Å². The summed E-state index contributed by atoms with van der Waals surface area (Å²) in [5, 5.41) is 3.08. The molecule has 0 amide bonds. The number of nitrogens with zero attached hydrogens (tertiary/aromatic N) is 7. The Morgan fingerprint density at radius 2 is 1.87 bits per heavy atom. The van der Waals surface area contributed by atoms with Gasteiger partial charge in [0.05, 0.1) is 36.1 Å². The van der Waals surface area contributed by atoms with E-state index in [-0.39, 0.29) is 28.9 Å². The van der Waals surface area contributed by atoms with Crippen molar-refractivity contribution in [1.82, 2.24) is 34.5 Å². The summed E-state index contributed by atoms with van der Waals surface area (Å²) in [5.74, 6) is 1.64. The normalized spacial score (nSPS) is 16.3. The van der Waals surface area contributed by atoms with E-state index in [9.17, 15) is 13.2 Å². The number of hydrogen-bond acceptors (Lipinski definition) is 11. The van der Waals surface area contributed by atoms with Crippen molar-refractivity contribution in [2.24, 2.45) is 5.92 Å². The Morgan fingerprint density at radius 3 is 2.51 bits per heavy atom. The van der Waals surface area contributed by atoms with Gasteiger partial charge in [-0.3, -0.25) is 14.3 Å². The molecule has 0 aromatic carbocycles. The number of sulfone groups is 1. The van der Waals surface area contributed by atoms with E-state index in [1.807, 2.05) is 6.92 Å². The lowest BCUT2D eigenvalue weighted by atomic mass is 10.1.